The lowest BCUT2D eigenvalue weighted by molar-refractivity contribution is 1.26. The van der Waals surface area contributed by atoms with E-state index < -0.39 is 0 Å². The second-order valence-corrected chi connectivity index (χ2v) is 2.67. The van der Waals surface area contributed by atoms with Gasteiger partial charge in [-0.25, -0.2) is 0 Å². The number of benzene rings is 1. The average Bonchev–Trinajstić information content (AvgIpc) is 2.50. The van der Waals surface area contributed by atoms with Crippen LogP contribution in [0.3, 0.4) is 0 Å². The first-order chi connectivity index (χ1) is 5.92. The number of fused-ring (bicyclic) bond motifs is 1. The van der Waals surface area contributed by atoms with Crippen molar-refractivity contribution >= 4 is 17.5 Å². The van der Waals surface area contributed by atoms with Crippen molar-refractivity contribution in [3.63, 3.8) is 0 Å². The molecule has 2 rings (SSSR count). The second-order valence-electron chi connectivity index (χ2n) is 2.67. The molecule has 1 aliphatic heterocycles. The van der Waals surface area contributed by atoms with Crippen LogP contribution in [-0.4, -0.2) is 12.8 Å². The van der Waals surface area contributed by atoms with Gasteiger partial charge in [0, 0.05) is 18.3 Å². The number of rotatable bonds is 1. The average molecular weight is 158 g/mol. The maximum Gasteiger partial charge on any atom is 0.0708 e. The van der Waals surface area contributed by atoms with Crippen molar-refractivity contribution in [2.45, 2.75) is 0 Å². The van der Waals surface area contributed by atoms with Gasteiger partial charge in [0.1, 0.15) is 0 Å². The third kappa shape index (κ3) is 1.06. The van der Waals surface area contributed by atoms with E-state index in [1.807, 2.05) is 30.5 Å². The van der Waals surface area contributed by atoms with Crippen LogP contribution in [0.15, 0.2) is 35.3 Å². The molecule has 1 aliphatic rings. The van der Waals surface area contributed by atoms with Gasteiger partial charge in [0.15, 0.2) is 0 Å². The Balaban J connectivity index is 2.49. The maximum absolute atomic E-state index is 5.43. The van der Waals surface area contributed by atoms with Crippen molar-refractivity contribution in [2.75, 3.05) is 6.54 Å². The molecule has 0 amide bonds. The normalized spacial score (nSPS) is 16.9. The summed E-state index contributed by atoms with van der Waals surface area (Å²) in [6.07, 6.45) is 3.84. The quantitative estimate of drug-likeness (QED) is 0.664. The third-order valence-corrected chi connectivity index (χ3v) is 1.90. The molecule has 2 N–H and O–H groups in total. The highest BCUT2D eigenvalue weighted by Gasteiger charge is 2.08. The lowest BCUT2D eigenvalue weighted by atomic mass is 10.1. The minimum absolute atomic E-state index is 0.565. The molecule has 0 radical (unpaired) electrons. The van der Waals surface area contributed by atoms with Gasteiger partial charge in [-0.2, -0.15) is 0 Å². The summed E-state index contributed by atoms with van der Waals surface area (Å²) in [5.74, 6) is 0. The topological polar surface area (TPSA) is 38.4 Å². The van der Waals surface area contributed by atoms with Crippen LogP contribution in [0.25, 0.3) is 5.57 Å². The van der Waals surface area contributed by atoms with Gasteiger partial charge in [0.05, 0.1) is 5.69 Å². The van der Waals surface area contributed by atoms with E-state index in [0.29, 0.717) is 6.54 Å². The number of aliphatic imine (C=N–C) groups is 1. The van der Waals surface area contributed by atoms with Gasteiger partial charge < -0.3 is 5.73 Å². The third-order valence-electron chi connectivity index (χ3n) is 1.90. The van der Waals surface area contributed by atoms with Gasteiger partial charge in [-0.1, -0.05) is 24.3 Å². The standard InChI is InChI=1S/C10H10N2/c11-6-5-8-7-12-10-4-2-1-3-9(8)10/h1-5,7H,6,11H2. The van der Waals surface area contributed by atoms with E-state index in [1.165, 1.54) is 5.56 Å². The zero-order valence-corrected chi connectivity index (χ0v) is 6.70. The Kier molecular flexibility index (Phi) is 1.76. The number of hydrogen-bond acceptors (Lipinski definition) is 2. The molecular formula is C10H10N2. The molecule has 0 spiro atoms. The number of nitrogens with two attached hydrogens (primary N) is 1. The van der Waals surface area contributed by atoms with E-state index in [1.54, 1.807) is 0 Å². The van der Waals surface area contributed by atoms with Crippen molar-refractivity contribution in [2.24, 2.45) is 10.7 Å². The van der Waals surface area contributed by atoms with Crippen molar-refractivity contribution in [3.8, 4) is 0 Å². The van der Waals surface area contributed by atoms with Crippen LogP contribution in [0.4, 0.5) is 5.69 Å². The Morgan fingerprint density at radius 2 is 2.17 bits per heavy atom. The molecule has 0 saturated carbocycles. The second kappa shape index (κ2) is 2.91. The number of allylic oxidation sites excluding steroid dienone is 1. The molecule has 0 bridgehead atoms. The predicted molar refractivity (Wildman–Crippen MR) is 51.6 cm³/mol. The van der Waals surface area contributed by atoms with Gasteiger partial charge in [-0.15, -0.1) is 0 Å². The first-order valence-corrected chi connectivity index (χ1v) is 3.95. The molecule has 0 saturated heterocycles. The summed E-state index contributed by atoms with van der Waals surface area (Å²) in [7, 11) is 0. The van der Waals surface area contributed by atoms with Crippen molar-refractivity contribution in [1.29, 1.82) is 0 Å². The van der Waals surface area contributed by atoms with Crippen LogP contribution in [0, 0.1) is 0 Å². The Morgan fingerprint density at radius 3 is 3.00 bits per heavy atom. The van der Waals surface area contributed by atoms with Crippen LogP contribution >= 0.6 is 0 Å². The van der Waals surface area contributed by atoms with Crippen molar-refractivity contribution < 1.29 is 0 Å². The minimum atomic E-state index is 0.565. The van der Waals surface area contributed by atoms with E-state index in [2.05, 4.69) is 11.1 Å². The van der Waals surface area contributed by atoms with E-state index in [9.17, 15) is 0 Å². The Labute approximate surface area is 71.4 Å². The zero-order valence-electron chi connectivity index (χ0n) is 6.70. The summed E-state index contributed by atoms with van der Waals surface area (Å²) in [6.45, 7) is 0.565. The van der Waals surface area contributed by atoms with Crippen molar-refractivity contribution in [3.05, 3.63) is 35.9 Å². The molecule has 1 aromatic rings. The molecule has 2 nitrogen and oxygen atoms in total. The summed E-state index contributed by atoms with van der Waals surface area (Å²) in [6, 6.07) is 8.06. The summed E-state index contributed by atoms with van der Waals surface area (Å²) < 4.78 is 0. The largest absolute Gasteiger partial charge is 0.327 e. The monoisotopic (exact) mass is 158 g/mol. The fraction of sp³-hybridized carbons (Fsp3) is 0.100. The lowest BCUT2D eigenvalue weighted by Gasteiger charge is -1.96. The van der Waals surface area contributed by atoms with Crippen LogP contribution in [-0.2, 0) is 0 Å². The molecule has 2 heteroatoms. The molecule has 1 heterocycles. The van der Waals surface area contributed by atoms with Crippen LogP contribution in [0.2, 0.25) is 0 Å². The summed E-state index contributed by atoms with van der Waals surface area (Å²) in [4.78, 5) is 4.25. The molecular weight excluding hydrogens is 148 g/mol. The van der Waals surface area contributed by atoms with Crippen molar-refractivity contribution in [1.82, 2.24) is 0 Å². The first kappa shape index (κ1) is 7.25. The molecule has 12 heavy (non-hydrogen) atoms. The number of hydrogen-bond donors (Lipinski definition) is 1. The highest BCUT2D eigenvalue weighted by Crippen LogP contribution is 2.30. The smallest absolute Gasteiger partial charge is 0.0708 e. The van der Waals surface area contributed by atoms with Gasteiger partial charge in [0.25, 0.3) is 0 Å². The molecule has 0 aliphatic carbocycles. The summed E-state index contributed by atoms with van der Waals surface area (Å²) >= 11 is 0. The van der Waals surface area contributed by atoms with Gasteiger partial charge in [-0.05, 0) is 11.6 Å². The van der Waals surface area contributed by atoms with E-state index in [-0.39, 0.29) is 0 Å². The number of nitrogens with zero attached hydrogens (tertiary/aromatic N) is 1. The fourth-order valence-corrected chi connectivity index (χ4v) is 1.33. The van der Waals surface area contributed by atoms with Gasteiger partial charge >= 0.3 is 0 Å². The molecule has 0 fully saturated rings. The van der Waals surface area contributed by atoms with E-state index in [4.69, 9.17) is 5.73 Å². The van der Waals surface area contributed by atoms with Crippen LogP contribution in [0.1, 0.15) is 5.56 Å². The van der Waals surface area contributed by atoms with Crippen LogP contribution in [0.5, 0.6) is 0 Å². The minimum Gasteiger partial charge on any atom is -0.327 e. The molecule has 1 aromatic carbocycles. The highest BCUT2D eigenvalue weighted by atomic mass is 14.8. The Hall–Kier alpha value is -1.41. The lowest BCUT2D eigenvalue weighted by Crippen LogP contribution is -1.94. The Morgan fingerprint density at radius 1 is 1.33 bits per heavy atom. The van der Waals surface area contributed by atoms with E-state index >= 15 is 0 Å². The molecule has 0 unspecified atom stereocenters. The maximum atomic E-state index is 5.43. The molecule has 0 aromatic heterocycles. The predicted octanol–water partition coefficient (Wildman–Crippen LogP) is 1.74. The van der Waals surface area contributed by atoms with Gasteiger partial charge in [0.2, 0.25) is 0 Å². The Bertz CT molecular complexity index is 351. The molecule has 0 atom stereocenters. The fourth-order valence-electron chi connectivity index (χ4n) is 1.33. The van der Waals surface area contributed by atoms with Gasteiger partial charge in [-0.3, -0.25) is 4.99 Å². The highest BCUT2D eigenvalue weighted by molar-refractivity contribution is 6.16. The van der Waals surface area contributed by atoms with E-state index in [0.717, 1.165) is 11.3 Å². The zero-order chi connectivity index (χ0) is 8.39. The SMILES string of the molecule is NCC=C1C=Nc2ccccc21. The first-order valence-electron chi connectivity index (χ1n) is 3.95. The number of para-hydroxylation sites is 1. The summed E-state index contributed by atoms with van der Waals surface area (Å²) in [5, 5.41) is 0. The van der Waals surface area contributed by atoms with Crippen LogP contribution < -0.4 is 5.73 Å². The summed E-state index contributed by atoms with van der Waals surface area (Å²) in [5.41, 5.74) is 8.78. The molecule has 60 valence electrons.